The molecule has 0 bridgehead atoms. The van der Waals surface area contributed by atoms with Crippen LogP contribution in [0.15, 0.2) is 48.5 Å². The zero-order valence-corrected chi connectivity index (χ0v) is 11.8. The van der Waals surface area contributed by atoms with Crippen LogP contribution < -0.4 is 10.1 Å². The van der Waals surface area contributed by atoms with Crippen molar-refractivity contribution in [1.82, 2.24) is 0 Å². The molecule has 0 amide bonds. The zero-order valence-electron chi connectivity index (χ0n) is 11.8. The van der Waals surface area contributed by atoms with E-state index in [1.165, 1.54) is 16.8 Å². The molecule has 0 saturated carbocycles. The van der Waals surface area contributed by atoms with Gasteiger partial charge in [0.2, 0.25) is 0 Å². The number of methoxy groups -OCH3 is 1. The third kappa shape index (κ3) is 4.02. The molecule has 0 spiro atoms. The van der Waals surface area contributed by atoms with Crippen molar-refractivity contribution in [3.05, 3.63) is 59.7 Å². The lowest BCUT2D eigenvalue weighted by Gasteiger charge is -2.15. The van der Waals surface area contributed by atoms with Crippen LogP contribution >= 0.6 is 0 Å². The number of benzene rings is 2. The van der Waals surface area contributed by atoms with Gasteiger partial charge in [0.25, 0.3) is 0 Å². The lowest BCUT2D eigenvalue weighted by molar-refractivity contribution is 0.414. The summed E-state index contributed by atoms with van der Waals surface area (Å²) in [6.45, 7) is 4.30. The maximum absolute atomic E-state index is 5.17. The molecular formula is C17H21NO. The summed E-state index contributed by atoms with van der Waals surface area (Å²) in [6.07, 6.45) is 0.998. The van der Waals surface area contributed by atoms with Gasteiger partial charge in [0, 0.05) is 11.7 Å². The van der Waals surface area contributed by atoms with Crippen LogP contribution in [0.3, 0.4) is 0 Å². The summed E-state index contributed by atoms with van der Waals surface area (Å²) in [5.74, 6) is 0.905. The molecule has 1 unspecified atom stereocenters. The number of hydrogen-bond donors (Lipinski definition) is 1. The van der Waals surface area contributed by atoms with Gasteiger partial charge in [0.05, 0.1) is 7.11 Å². The van der Waals surface area contributed by atoms with Gasteiger partial charge in [-0.05, 0) is 50.1 Å². The van der Waals surface area contributed by atoms with Gasteiger partial charge in [-0.3, -0.25) is 0 Å². The van der Waals surface area contributed by atoms with E-state index in [0.717, 1.165) is 12.2 Å². The maximum atomic E-state index is 5.17. The van der Waals surface area contributed by atoms with Crippen LogP contribution in [0.4, 0.5) is 5.69 Å². The first kappa shape index (κ1) is 13.5. The summed E-state index contributed by atoms with van der Waals surface area (Å²) in [4.78, 5) is 0. The molecule has 19 heavy (non-hydrogen) atoms. The second-order valence-electron chi connectivity index (χ2n) is 4.96. The second-order valence-corrected chi connectivity index (χ2v) is 4.96. The van der Waals surface area contributed by atoms with Crippen molar-refractivity contribution in [3.63, 3.8) is 0 Å². The molecular weight excluding hydrogens is 234 g/mol. The first-order valence-electron chi connectivity index (χ1n) is 6.63. The minimum Gasteiger partial charge on any atom is -0.497 e. The quantitative estimate of drug-likeness (QED) is 0.870. The third-order valence-corrected chi connectivity index (χ3v) is 3.17. The van der Waals surface area contributed by atoms with Gasteiger partial charge in [-0.1, -0.05) is 29.8 Å². The molecule has 2 heteroatoms. The van der Waals surface area contributed by atoms with E-state index in [0.29, 0.717) is 6.04 Å². The highest BCUT2D eigenvalue weighted by Crippen LogP contribution is 2.15. The Bertz CT molecular complexity index is 502. The monoisotopic (exact) mass is 255 g/mol. The van der Waals surface area contributed by atoms with Gasteiger partial charge in [-0.2, -0.15) is 0 Å². The first-order chi connectivity index (χ1) is 9.17. The molecule has 0 aliphatic heterocycles. The van der Waals surface area contributed by atoms with Crippen molar-refractivity contribution >= 4 is 5.69 Å². The molecule has 1 atom stereocenters. The highest BCUT2D eigenvalue weighted by molar-refractivity contribution is 5.45. The fraction of sp³-hybridized carbons (Fsp3) is 0.294. The van der Waals surface area contributed by atoms with E-state index in [2.05, 4.69) is 55.6 Å². The van der Waals surface area contributed by atoms with Crippen LogP contribution in [0, 0.1) is 6.92 Å². The Balaban J connectivity index is 1.92. The summed E-state index contributed by atoms with van der Waals surface area (Å²) < 4.78 is 5.17. The number of ether oxygens (including phenoxy) is 1. The minimum absolute atomic E-state index is 0.399. The molecule has 0 aliphatic rings. The summed E-state index contributed by atoms with van der Waals surface area (Å²) in [6, 6.07) is 17.2. The van der Waals surface area contributed by atoms with Gasteiger partial charge in [0.1, 0.15) is 5.75 Å². The predicted molar refractivity (Wildman–Crippen MR) is 81.0 cm³/mol. The molecule has 2 rings (SSSR count). The van der Waals surface area contributed by atoms with Crippen LogP contribution in [0.1, 0.15) is 18.1 Å². The highest BCUT2D eigenvalue weighted by atomic mass is 16.5. The molecule has 0 heterocycles. The van der Waals surface area contributed by atoms with Crippen LogP contribution in [0.2, 0.25) is 0 Å². The van der Waals surface area contributed by atoms with E-state index in [9.17, 15) is 0 Å². The number of rotatable bonds is 5. The highest BCUT2D eigenvalue weighted by Gasteiger charge is 2.04. The molecule has 0 aliphatic carbocycles. The number of hydrogen-bond acceptors (Lipinski definition) is 2. The van der Waals surface area contributed by atoms with Crippen molar-refractivity contribution in [1.29, 1.82) is 0 Å². The van der Waals surface area contributed by atoms with Crippen molar-refractivity contribution < 1.29 is 4.74 Å². The van der Waals surface area contributed by atoms with Crippen molar-refractivity contribution in [2.24, 2.45) is 0 Å². The third-order valence-electron chi connectivity index (χ3n) is 3.17. The van der Waals surface area contributed by atoms with Crippen LogP contribution in [-0.4, -0.2) is 13.2 Å². The van der Waals surface area contributed by atoms with E-state index >= 15 is 0 Å². The second kappa shape index (κ2) is 6.28. The van der Waals surface area contributed by atoms with Crippen LogP contribution in [0.5, 0.6) is 5.75 Å². The molecule has 0 radical (unpaired) electrons. The Hall–Kier alpha value is -1.96. The SMILES string of the molecule is COc1ccc(CC(C)Nc2ccc(C)cc2)cc1. The van der Waals surface area contributed by atoms with Crippen LogP contribution in [0.25, 0.3) is 0 Å². The van der Waals surface area contributed by atoms with Crippen molar-refractivity contribution in [3.8, 4) is 5.75 Å². The van der Waals surface area contributed by atoms with Crippen molar-refractivity contribution in [2.45, 2.75) is 26.3 Å². The van der Waals surface area contributed by atoms with E-state index in [-0.39, 0.29) is 0 Å². The Morgan fingerprint density at radius 3 is 2.21 bits per heavy atom. The summed E-state index contributed by atoms with van der Waals surface area (Å²) in [7, 11) is 1.69. The first-order valence-corrected chi connectivity index (χ1v) is 6.63. The molecule has 1 N–H and O–H groups in total. The Labute approximate surface area is 115 Å². The number of nitrogens with one attached hydrogen (secondary N) is 1. The van der Waals surface area contributed by atoms with E-state index < -0.39 is 0 Å². The van der Waals surface area contributed by atoms with Crippen LogP contribution in [-0.2, 0) is 6.42 Å². The standard InChI is InChI=1S/C17H21NO/c1-13-4-8-16(9-5-13)18-14(2)12-15-6-10-17(19-3)11-7-15/h4-11,14,18H,12H2,1-3H3. The summed E-state index contributed by atoms with van der Waals surface area (Å²) in [5.41, 5.74) is 3.77. The average Bonchev–Trinajstić information content (AvgIpc) is 2.42. The van der Waals surface area contributed by atoms with Gasteiger partial charge in [-0.25, -0.2) is 0 Å². The molecule has 2 aromatic carbocycles. The largest absolute Gasteiger partial charge is 0.497 e. The van der Waals surface area contributed by atoms with E-state index in [1.807, 2.05) is 12.1 Å². The molecule has 2 aromatic rings. The van der Waals surface area contributed by atoms with E-state index in [1.54, 1.807) is 7.11 Å². The molecule has 100 valence electrons. The Kier molecular flexibility index (Phi) is 4.45. The lowest BCUT2D eigenvalue weighted by atomic mass is 10.1. The number of aryl methyl sites for hydroxylation is 1. The molecule has 0 saturated heterocycles. The summed E-state index contributed by atoms with van der Waals surface area (Å²) >= 11 is 0. The van der Waals surface area contributed by atoms with Gasteiger partial charge in [0.15, 0.2) is 0 Å². The molecule has 0 fully saturated rings. The smallest absolute Gasteiger partial charge is 0.118 e. The Morgan fingerprint density at radius 1 is 1.00 bits per heavy atom. The maximum Gasteiger partial charge on any atom is 0.118 e. The van der Waals surface area contributed by atoms with Crippen molar-refractivity contribution in [2.75, 3.05) is 12.4 Å². The zero-order chi connectivity index (χ0) is 13.7. The van der Waals surface area contributed by atoms with Gasteiger partial charge < -0.3 is 10.1 Å². The summed E-state index contributed by atoms with van der Waals surface area (Å²) in [5, 5.41) is 3.51. The Morgan fingerprint density at radius 2 is 1.63 bits per heavy atom. The topological polar surface area (TPSA) is 21.3 Å². The van der Waals surface area contributed by atoms with Gasteiger partial charge >= 0.3 is 0 Å². The minimum atomic E-state index is 0.399. The van der Waals surface area contributed by atoms with E-state index in [4.69, 9.17) is 4.74 Å². The fourth-order valence-electron chi connectivity index (χ4n) is 2.10. The lowest BCUT2D eigenvalue weighted by Crippen LogP contribution is -2.17. The fourth-order valence-corrected chi connectivity index (χ4v) is 2.10. The average molecular weight is 255 g/mol. The molecule has 0 aromatic heterocycles. The normalized spacial score (nSPS) is 11.9. The predicted octanol–water partition coefficient (Wildman–Crippen LogP) is 4.05. The molecule has 2 nitrogen and oxygen atoms in total. The number of anilines is 1. The van der Waals surface area contributed by atoms with Gasteiger partial charge in [-0.15, -0.1) is 0 Å².